The molecule has 1 amide bonds. The number of carbonyl (C=O) groups is 2. The second-order valence-corrected chi connectivity index (χ2v) is 6.50. The van der Waals surface area contributed by atoms with Crippen LogP contribution in [-0.2, 0) is 9.53 Å². The monoisotopic (exact) mass is 369 g/mol. The first-order chi connectivity index (χ1) is 13.0. The Labute approximate surface area is 158 Å². The van der Waals surface area contributed by atoms with Crippen molar-refractivity contribution in [1.29, 1.82) is 0 Å². The molecule has 0 radical (unpaired) electrons. The maximum Gasteiger partial charge on any atom is 0.339 e. The van der Waals surface area contributed by atoms with Gasteiger partial charge in [-0.05, 0) is 49.1 Å². The van der Waals surface area contributed by atoms with Crippen LogP contribution in [0.1, 0.15) is 49.0 Å². The lowest BCUT2D eigenvalue weighted by atomic mass is 9.97. The zero-order chi connectivity index (χ0) is 19.4. The fourth-order valence-electron chi connectivity index (χ4n) is 2.80. The van der Waals surface area contributed by atoms with Crippen molar-refractivity contribution >= 4 is 17.6 Å². The van der Waals surface area contributed by atoms with Crippen LogP contribution in [0, 0.1) is 0 Å². The van der Waals surface area contributed by atoms with E-state index in [9.17, 15) is 9.59 Å². The minimum Gasteiger partial charge on any atom is -0.454 e. The van der Waals surface area contributed by atoms with E-state index in [0.29, 0.717) is 23.0 Å². The Kier molecular flexibility index (Phi) is 5.64. The van der Waals surface area contributed by atoms with Crippen LogP contribution in [0.15, 0.2) is 42.5 Å². The normalized spacial score (nSPS) is 14.3. The van der Waals surface area contributed by atoms with Crippen molar-refractivity contribution in [1.82, 2.24) is 0 Å². The molecule has 6 heteroatoms. The van der Waals surface area contributed by atoms with Crippen molar-refractivity contribution in [2.75, 3.05) is 12.1 Å². The van der Waals surface area contributed by atoms with Crippen LogP contribution >= 0.6 is 0 Å². The molecule has 1 N–H and O–H groups in total. The van der Waals surface area contributed by atoms with E-state index >= 15 is 0 Å². The summed E-state index contributed by atoms with van der Waals surface area (Å²) in [5.74, 6) is 0.419. The van der Waals surface area contributed by atoms with Crippen LogP contribution in [0.5, 0.6) is 11.5 Å². The molecule has 3 rings (SSSR count). The number of nitrogens with one attached hydrogen (secondary N) is 1. The van der Waals surface area contributed by atoms with Gasteiger partial charge < -0.3 is 19.5 Å². The van der Waals surface area contributed by atoms with E-state index in [-0.39, 0.29) is 12.7 Å². The Morgan fingerprint density at radius 1 is 1.11 bits per heavy atom. The fraction of sp³-hybridized carbons (Fsp3) is 0.333. The van der Waals surface area contributed by atoms with Gasteiger partial charge in [-0.3, -0.25) is 4.79 Å². The van der Waals surface area contributed by atoms with E-state index in [1.807, 2.05) is 24.3 Å². The van der Waals surface area contributed by atoms with Crippen molar-refractivity contribution < 1.29 is 23.8 Å². The smallest absolute Gasteiger partial charge is 0.339 e. The second-order valence-electron chi connectivity index (χ2n) is 6.50. The number of rotatable bonds is 6. The van der Waals surface area contributed by atoms with E-state index in [0.717, 1.165) is 17.7 Å². The average Bonchev–Trinajstić information content (AvgIpc) is 3.15. The molecule has 142 valence electrons. The van der Waals surface area contributed by atoms with Gasteiger partial charge in [-0.2, -0.15) is 0 Å². The molecule has 0 fully saturated rings. The van der Waals surface area contributed by atoms with Gasteiger partial charge in [0.1, 0.15) is 0 Å². The van der Waals surface area contributed by atoms with Gasteiger partial charge in [-0.1, -0.05) is 32.0 Å². The van der Waals surface area contributed by atoms with Gasteiger partial charge in [0.2, 0.25) is 6.79 Å². The first-order valence-corrected chi connectivity index (χ1v) is 9.00. The van der Waals surface area contributed by atoms with Gasteiger partial charge in [-0.15, -0.1) is 0 Å². The SMILES string of the molecule is CC[C@H](C)c1ccccc1NC(=O)[C@H](C)OC(=O)c1ccc2c(c1)OCO2. The molecule has 0 aromatic heterocycles. The fourth-order valence-corrected chi connectivity index (χ4v) is 2.80. The number of amides is 1. The molecular weight excluding hydrogens is 346 g/mol. The third kappa shape index (κ3) is 4.22. The number of fused-ring (bicyclic) bond motifs is 1. The first-order valence-electron chi connectivity index (χ1n) is 9.00. The number of anilines is 1. The number of para-hydroxylation sites is 1. The molecule has 0 aliphatic carbocycles. The molecule has 2 atom stereocenters. The summed E-state index contributed by atoms with van der Waals surface area (Å²) in [5.41, 5.74) is 2.10. The maximum absolute atomic E-state index is 12.5. The minimum atomic E-state index is -0.937. The lowest BCUT2D eigenvalue weighted by molar-refractivity contribution is -0.123. The van der Waals surface area contributed by atoms with E-state index in [1.165, 1.54) is 0 Å². The molecular formula is C21H23NO5. The summed E-state index contributed by atoms with van der Waals surface area (Å²) in [6.45, 7) is 5.88. The molecule has 1 aliphatic heterocycles. The molecule has 2 aromatic carbocycles. The lowest BCUT2D eigenvalue weighted by Crippen LogP contribution is -2.30. The summed E-state index contributed by atoms with van der Waals surface area (Å²) >= 11 is 0. The number of ether oxygens (including phenoxy) is 3. The zero-order valence-corrected chi connectivity index (χ0v) is 15.7. The predicted octanol–water partition coefficient (Wildman–Crippen LogP) is 4.11. The molecule has 0 spiro atoms. The van der Waals surface area contributed by atoms with E-state index in [2.05, 4.69) is 19.2 Å². The largest absolute Gasteiger partial charge is 0.454 e. The van der Waals surface area contributed by atoms with Gasteiger partial charge in [0, 0.05) is 5.69 Å². The predicted molar refractivity (Wildman–Crippen MR) is 101 cm³/mol. The van der Waals surface area contributed by atoms with Gasteiger partial charge in [-0.25, -0.2) is 4.79 Å². The van der Waals surface area contributed by atoms with Crippen LogP contribution in [0.25, 0.3) is 0 Å². The van der Waals surface area contributed by atoms with E-state index in [1.54, 1.807) is 25.1 Å². The summed E-state index contributed by atoms with van der Waals surface area (Å²) in [6.07, 6.45) is 0.0227. The summed E-state index contributed by atoms with van der Waals surface area (Å²) in [7, 11) is 0. The quantitative estimate of drug-likeness (QED) is 0.776. The van der Waals surface area contributed by atoms with Crippen molar-refractivity contribution in [2.45, 2.75) is 39.2 Å². The molecule has 2 aromatic rings. The molecule has 1 aliphatic rings. The number of hydrogen-bond donors (Lipinski definition) is 1. The summed E-state index contributed by atoms with van der Waals surface area (Å²) in [4.78, 5) is 24.8. The number of carbonyl (C=O) groups excluding carboxylic acids is 2. The van der Waals surface area contributed by atoms with Gasteiger partial charge in [0.25, 0.3) is 5.91 Å². The Hall–Kier alpha value is -3.02. The highest BCUT2D eigenvalue weighted by Gasteiger charge is 2.22. The lowest BCUT2D eigenvalue weighted by Gasteiger charge is -2.18. The van der Waals surface area contributed by atoms with Crippen LogP contribution in [-0.4, -0.2) is 24.8 Å². The van der Waals surface area contributed by atoms with Crippen LogP contribution < -0.4 is 14.8 Å². The van der Waals surface area contributed by atoms with Gasteiger partial charge in [0.05, 0.1) is 5.56 Å². The highest BCUT2D eigenvalue weighted by atomic mass is 16.7. The second kappa shape index (κ2) is 8.12. The molecule has 6 nitrogen and oxygen atoms in total. The minimum absolute atomic E-state index is 0.127. The molecule has 0 saturated carbocycles. The van der Waals surface area contributed by atoms with Crippen molar-refractivity contribution in [3.63, 3.8) is 0 Å². The highest BCUT2D eigenvalue weighted by Crippen LogP contribution is 2.32. The van der Waals surface area contributed by atoms with Crippen molar-refractivity contribution in [2.24, 2.45) is 0 Å². The number of hydrogen-bond acceptors (Lipinski definition) is 5. The maximum atomic E-state index is 12.5. The van der Waals surface area contributed by atoms with E-state index in [4.69, 9.17) is 14.2 Å². The molecule has 0 unspecified atom stereocenters. The number of esters is 1. The number of benzene rings is 2. The summed E-state index contributed by atoms with van der Waals surface area (Å²) in [5, 5.41) is 2.86. The summed E-state index contributed by atoms with van der Waals surface area (Å²) < 4.78 is 15.8. The van der Waals surface area contributed by atoms with Crippen LogP contribution in [0.3, 0.4) is 0 Å². The van der Waals surface area contributed by atoms with Crippen LogP contribution in [0.4, 0.5) is 5.69 Å². The van der Waals surface area contributed by atoms with Gasteiger partial charge in [0.15, 0.2) is 17.6 Å². The Bertz CT molecular complexity index is 848. The van der Waals surface area contributed by atoms with Crippen molar-refractivity contribution in [3.8, 4) is 11.5 Å². The molecule has 0 bridgehead atoms. The molecule has 1 heterocycles. The zero-order valence-electron chi connectivity index (χ0n) is 15.7. The Morgan fingerprint density at radius 2 is 1.85 bits per heavy atom. The standard InChI is InChI=1S/C21H23NO5/c1-4-13(2)16-7-5-6-8-17(16)22-20(23)14(3)27-21(24)15-9-10-18-19(11-15)26-12-25-18/h5-11,13-14H,4,12H2,1-3H3,(H,22,23)/t13-,14-/m0/s1. The topological polar surface area (TPSA) is 73.9 Å². The Balaban J connectivity index is 1.65. The Morgan fingerprint density at radius 3 is 2.63 bits per heavy atom. The first kappa shape index (κ1) is 18.8. The molecule has 0 saturated heterocycles. The third-order valence-electron chi connectivity index (χ3n) is 4.62. The summed E-state index contributed by atoms with van der Waals surface area (Å²) in [6, 6.07) is 12.4. The van der Waals surface area contributed by atoms with Crippen molar-refractivity contribution in [3.05, 3.63) is 53.6 Å². The average molecular weight is 369 g/mol. The van der Waals surface area contributed by atoms with Gasteiger partial charge >= 0.3 is 5.97 Å². The molecule has 27 heavy (non-hydrogen) atoms. The van der Waals surface area contributed by atoms with E-state index < -0.39 is 12.1 Å². The highest BCUT2D eigenvalue weighted by molar-refractivity contribution is 5.98. The third-order valence-corrected chi connectivity index (χ3v) is 4.62. The van der Waals surface area contributed by atoms with Crippen LogP contribution in [0.2, 0.25) is 0 Å².